The Kier molecular flexibility index (Phi) is 5.43. The van der Waals surface area contributed by atoms with Crippen molar-refractivity contribution in [3.8, 4) is 5.69 Å². The smallest absolute Gasteiger partial charge is 0.149 e. The normalized spacial score (nSPS) is 15.2. The van der Waals surface area contributed by atoms with Crippen molar-refractivity contribution in [3.63, 3.8) is 0 Å². The number of hydrogen-bond donors (Lipinski definition) is 1. The van der Waals surface area contributed by atoms with Crippen LogP contribution in [0.1, 0.15) is 69.0 Å². The number of aliphatic hydroxyl groups is 1. The number of nitrogens with zero attached hydrogens (tertiary/aromatic N) is 3. The summed E-state index contributed by atoms with van der Waals surface area (Å²) >= 11 is 0. The van der Waals surface area contributed by atoms with Gasteiger partial charge in [0.05, 0.1) is 18.0 Å². The topological polar surface area (TPSA) is 41.3 Å². The van der Waals surface area contributed by atoms with E-state index in [9.17, 15) is 9.50 Å². The van der Waals surface area contributed by atoms with Gasteiger partial charge in [-0.1, -0.05) is 32.6 Å². The van der Waals surface area contributed by atoms with Gasteiger partial charge < -0.3 is 10.0 Å². The molecule has 0 saturated carbocycles. The summed E-state index contributed by atoms with van der Waals surface area (Å²) in [5.74, 6) is 0.114. The van der Waals surface area contributed by atoms with E-state index in [2.05, 4.69) is 28.7 Å². The molecule has 1 aromatic carbocycles. The number of aromatic nitrogens is 2. The van der Waals surface area contributed by atoms with Gasteiger partial charge in [0.25, 0.3) is 0 Å². The first kappa shape index (κ1) is 19.6. The molecule has 2 aromatic rings. The number of hydrogen-bond acceptors (Lipinski definition) is 3. The number of halogens is 1. The fourth-order valence-corrected chi connectivity index (χ4v) is 3.83. The molecule has 0 atom stereocenters. The molecule has 1 fully saturated rings. The summed E-state index contributed by atoms with van der Waals surface area (Å²) in [7, 11) is 0. The van der Waals surface area contributed by atoms with Crippen LogP contribution in [-0.2, 0) is 18.8 Å². The van der Waals surface area contributed by atoms with E-state index in [1.54, 1.807) is 4.68 Å². The lowest BCUT2D eigenvalue weighted by Crippen LogP contribution is -2.16. The Morgan fingerprint density at radius 2 is 1.93 bits per heavy atom. The first-order valence-electron chi connectivity index (χ1n) is 9.66. The van der Waals surface area contributed by atoms with E-state index >= 15 is 0 Å². The van der Waals surface area contributed by atoms with Crippen molar-refractivity contribution in [2.45, 2.75) is 65.3 Å². The average molecular weight is 372 g/mol. The molecule has 0 amide bonds. The highest BCUT2D eigenvalue weighted by atomic mass is 19.1. The number of rotatable bonds is 6. The maximum atomic E-state index is 14.7. The Labute approximate surface area is 161 Å². The molecule has 5 heteroatoms. The second-order valence-corrected chi connectivity index (χ2v) is 8.17. The highest BCUT2D eigenvalue weighted by Crippen LogP contribution is 2.34. The predicted molar refractivity (Wildman–Crippen MR) is 106 cm³/mol. The lowest BCUT2D eigenvalue weighted by atomic mass is 9.97. The SMILES string of the molecule is C=C1CCCN1Cc1ccc(-n2nc(C(C)(C)F)c(CO)c2C(C)C)cc1. The molecule has 0 spiro atoms. The van der Waals surface area contributed by atoms with Crippen molar-refractivity contribution in [1.29, 1.82) is 0 Å². The fourth-order valence-electron chi connectivity index (χ4n) is 3.83. The van der Waals surface area contributed by atoms with E-state index in [0.29, 0.717) is 11.3 Å². The number of likely N-dealkylation sites (tertiary alicyclic amines) is 1. The van der Waals surface area contributed by atoms with Crippen LogP contribution in [0.2, 0.25) is 0 Å². The van der Waals surface area contributed by atoms with Crippen LogP contribution in [0.25, 0.3) is 5.69 Å². The summed E-state index contributed by atoms with van der Waals surface area (Å²) in [6.07, 6.45) is 2.25. The van der Waals surface area contributed by atoms with E-state index < -0.39 is 5.67 Å². The molecule has 2 heterocycles. The van der Waals surface area contributed by atoms with Gasteiger partial charge in [-0.15, -0.1) is 0 Å². The number of alkyl halides is 1. The summed E-state index contributed by atoms with van der Waals surface area (Å²) < 4.78 is 16.5. The molecule has 4 nitrogen and oxygen atoms in total. The third kappa shape index (κ3) is 3.93. The molecule has 0 aliphatic carbocycles. The van der Waals surface area contributed by atoms with Crippen molar-refractivity contribution in [2.75, 3.05) is 6.54 Å². The first-order valence-corrected chi connectivity index (χ1v) is 9.66. The monoisotopic (exact) mass is 371 g/mol. The quantitative estimate of drug-likeness (QED) is 0.793. The highest BCUT2D eigenvalue weighted by molar-refractivity contribution is 5.41. The minimum atomic E-state index is -1.61. The largest absolute Gasteiger partial charge is 0.392 e. The Morgan fingerprint density at radius 3 is 2.41 bits per heavy atom. The van der Waals surface area contributed by atoms with Gasteiger partial charge in [-0.2, -0.15) is 5.10 Å². The highest BCUT2D eigenvalue weighted by Gasteiger charge is 2.31. The molecule has 27 heavy (non-hydrogen) atoms. The molecule has 1 aliphatic rings. The van der Waals surface area contributed by atoms with Crippen LogP contribution in [0, 0.1) is 0 Å². The summed E-state index contributed by atoms with van der Waals surface area (Å²) in [5.41, 5.74) is 3.46. The molecule has 146 valence electrons. The molecule has 0 radical (unpaired) electrons. The molecule has 3 rings (SSSR count). The zero-order valence-electron chi connectivity index (χ0n) is 16.8. The van der Waals surface area contributed by atoms with E-state index in [4.69, 9.17) is 0 Å². The summed E-state index contributed by atoms with van der Waals surface area (Å²) in [5, 5.41) is 14.4. The fraction of sp³-hybridized carbons (Fsp3) is 0.500. The van der Waals surface area contributed by atoms with Crippen LogP contribution in [0.3, 0.4) is 0 Å². The van der Waals surface area contributed by atoms with Gasteiger partial charge >= 0.3 is 0 Å². The summed E-state index contributed by atoms with van der Waals surface area (Å²) in [4.78, 5) is 2.32. The van der Waals surface area contributed by atoms with E-state index in [1.807, 2.05) is 26.0 Å². The van der Waals surface area contributed by atoms with Gasteiger partial charge in [0.15, 0.2) is 0 Å². The lowest BCUT2D eigenvalue weighted by molar-refractivity contribution is 0.204. The molecular weight excluding hydrogens is 341 g/mol. The first-order chi connectivity index (χ1) is 12.7. The van der Waals surface area contributed by atoms with Crippen LogP contribution in [0.5, 0.6) is 0 Å². The van der Waals surface area contributed by atoms with Crippen LogP contribution in [0.4, 0.5) is 4.39 Å². The molecule has 1 N–H and O–H groups in total. The molecule has 1 aromatic heterocycles. The second-order valence-electron chi connectivity index (χ2n) is 8.17. The molecular formula is C22H30FN3O. The molecule has 1 aliphatic heterocycles. The van der Waals surface area contributed by atoms with Crippen LogP contribution in [-0.4, -0.2) is 26.3 Å². The van der Waals surface area contributed by atoms with Gasteiger partial charge in [0.1, 0.15) is 11.4 Å². The summed E-state index contributed by atoms with van der Waals surface area (Å²) in [6.45, 7) is 12.9. The second kappa shape index (κ2) is 7.47. The maximum absolute atomic E-state index is 14.7. The molecule has 1 saturated heterocycles. The van der Waals surface area contributed by atoms with Crippen LogP contribution >= 0.6 is 0 Å². The zero-order valence-corrected chi connectivity index (χ0v) is 16.8. The Morgan fingerprint density at radius 1 is 1.26 bits per heavy atom. The predicted octanol–water partition coefficient (Wildman–Crippen LogP) is 4.80. The minimum Gasteiger partial charge on any atom is -0.392 e. The summed E-state index contributed by atoms with van der Waals surface area (Å²) in [6, 6.07) is 8.21. The number of allylic oxidation sites excluding steroid dienone is 1. The van der Waals surface area contributed by atoms with Gasteiger partial charge in [0.2, 0.25) is 0 Å². The Hall–Kier alpha value is -2.14. The number of benzene rings is 1. The third-order valence-electron chi connectivity index (χ3n) is 5.19. The van der Waals surface area contributed by atoms with E-state index in [1.165, 1.54) is 31.5 Å². The Balaban J connectivity index is 1.96. The van der Waals surface area contributed by atoms with Crippen molar-refractivity contribution in [2.24, 2.45) is 0 Å². The van der Waals surface area contributed by atoms with Crippen molar-refractivity contribution in [1.82, 2.24) is 14.7 Å². The van der Waals surface area contributed by atoms with Gasteiger partial charge in [-0.05, 0) is 50.3 Å². The van der Waals surface area contributed by atoms with Crippen molar-refractivity contribution in [3.05, 3.63) is 59.1 Å². The van der Waals surface area contributed by atoms with E-state index in [-0.39, 0.29) is 12.5 Å². The van der Waals surface area contributed by atoms with Gasteiger partial charge in [-0.3, -0.25) is 0 Å². The zero-order chi connectivity index (χ0) is 19.8. The Bertz CT molecular complexity index is 815. The van der Waals surface area contributed by atoms with Crippen LogP contribution < -0.4 is 0 Å². The number of aliphatic hydroxyl groups excluding tert-OH is 1. The van der Waals surface area contributed by atoms with Crippen molar-refractivity contribution < 1.29 is 9.50 Å². The standard InChI is InChI=1S/C22H30FN3O/c1-15(2)20-19(14-27)21(22(4,5)23)24-26(20)18-10-8-17(9-11-18)13-25-12-6-7-16(25)3/h8-11,15,27H,3,6-7,12-14H2,1-2,4-5H3. The maximum Gasteiger partial charge on any atom is 0.149 e. The van der Waals surface area contributed by atoms with E-state index in [0.717, 1.165) is 30.9 Å². The van der Waals surface area contributed by atoms with Gasteiger partial charge in [-0.25, -0.2) is 9.07 Å². The minimum absolute atomic E-state index is 0.114. The van der Waals surface area contributed by atoms with Gasteiger partial charge in [0, 0.05) is 24.4 Å². The third-order valence-corrected chi connectivity index (χ3v) is 5.19. The molecule has 0 bridgehead atoms. The van der Waals surface area contributed by atoms with Crippen LogP contribution in [0.15, 0.2) is 36.5 Å². The lowest BCUT2D eigenvalue weighted by Gasteiger charge is -2.19. The average Bonchev–Trinajstić information content (AvgIpc) is 3.19. The van der Waals surface area contributed by atoms with Crippen molar-refractivity contribution >= 4 is 0 Å². The molecule has 0 unspecified atom stereocenters.